The molecule has 7 nitrogen and oxygen atoms in total. The van der Waals surface area contributed by atoms with Gasteiger partial charge in [-0.15, -0.1) is 0 Å². The molecule has 1 unspecified atom stereocenters. The Labute approximate surface area is 151 Å². The fourth-order valence-corrected chi connectivity index (χ4v) is 3.73. The second kappa shape index (κ2) is 6.23. The summed E-state index contributed by atoms with van der Waals surface area (Å²) >= 11 is 0. The van der Waals surface area contributed by atoms with Crippen molar-refractivity contribution in [1.82, 2.24) is 0 Å². The first-order chi connectivity index (χ1) is 12.4. The van der Waals surface area contributed by atoms with Gasteiger partial charge in [0.25, 0.3) is 0 Å². The molecule has 1 atom stereocenters. The Morgan fingerprint density at radius 3 is 2.69 bits per heavy atom. The largest absolute Gasteiger partial charge is 0.462 e. The maximum atomic E-state index is 13.5. The van der Waals surface area contributed by atoms with Gasteiger partial charge in [0.15, 0.2) is 5.41 Å². The van der Waals surface area contributed by atoms with Crippen LogP contribution in [-0.4, -0.2) is 25.0 Å². The molecule has 134 valence electrons. The molecule has 0 aromatic heterocycles. The number of nitrogens with zero attached hydrogens (tertiary/aromatic N) is 2. The Kier molecular flexibility index (Phi) is 4.20. The zero-order valence-corrected chi connectivity index (χ0v) is 14.8. The van der Waals surface area contributed by atoms with Gasteiger partial charge in [-0.3, -0.25) is 4.79 Å². The molecule has 0 radical (unpaired) electrons. The van der Waals surface area contributed by atoms with Crippen LogP contribution in [0.15, 0.2) is 47.1 Å². The first-order valence-corrected chi connectivity index (χ1v) is 8.33. The molecule has 0 bridgehead atoms. The molecule has 1 spiro atoms. The third-order valence-electron chi connectivity index (χ3n) is 4.68. The summed E-state index contributed by atoms with van der Waals surface area (Å²) in [6, 6.07) is 9.05. The summed E-state index contributed by atoms with van der Waals surface area (Å²) in [7, 11) is 0. The number of para-hydroxylation sites is 1. The van der Waals surface area contributed by atoms with Gasteiger partial charge < -0.3 is 20.1 Å². The number of nitriles is 1. The zero-order chi connectivity index (χ0) is 19.1. The molecule has 2 heterocycles. The van der Waals surface area contributed by atoms with E-state index in [-0.39, 0.29) is 29.4 Å². The summed E-state index contributed by atoms with van der Waals surface area (Å²) in [4.78, 5) is 27.9. The number of likely N-dealkylation sites (N-methyl/N-ethyl adjacent to an activating group) is 1. The lowest BCUT2D eigenvalue weighted by atomic mass is 9.68. The van der Waals surface area contributed by atoms with Crippen LogP contribution in [-0.2, 0) is 24.5 Å². The minimum absolute atomic E-state index is 0.00139. The van der Waals surface area contributed by atoms with E-state index in [2.05, 4.69) is 0 Å². The Hall–Kier alpha value is -3.27. The molecule has 3 rings (SSSR count). The smallest absolute Gasteiger partial charge is 0.339 e. The summed E-state index contributed by atoms with van der Waals surface area (Å²) in [5.74, 6) is -1.14. The Morgan fingerprint density at radius 1 is 1.38 bits per heavy atom. The van der Waals surface area contributed by atoms with E-state index in [4.69, 9.17) is 15.2 Å². The number of allylic oxidation sites excluding steroid dienone is 1. The van der Waals surface area contributed by atoms with Crippen LogP contribution < -0.4 is 10.6 Å². The van der Waals surface area contributed by atoms with Crippen molar-refractivity contribution in [2.45, 2.75) is 26.2 Å². The van der Waals surface area contributed by atoms with E-state index in [1.807, 2.05) is 13.0 Å². The molecular weight excluding hydrogens is 334 g/mol. The quantitative estimate of drug-likeness (QED) is 0.831. The Bertz CT molecular complexity index is 910. The number of hydrogen-bond acceptors (Lipinski definition) is 6. The number of rotatable bonds is 3. The molecule has 1 aromatic rings. The highest BCUT2D eigenvalue weighted by Crippen LogP contribution is 2.53. The summed E-state index contributed by atoms with van der Waals surface area (Å²) in [5.41, 5.74) is 5.36. The lowest BCUT2D eigenvalue weighted by Crippen LogP contribution is -2.48. The molecule has 7 heteroatoms. The molecular formula is C19H19N3O4. The van der Waals surface area contributed by atoms with Crippen LogP contribution in [0, 0.1) is 11.3 Å². The number of carbonyl (C=O) groups excluding carboxylic acids is 2. The van der Waals surface area contributed by atoms with Crippen molar-refractivity contribution in [3.05, 3.63) is 52.6 Å². The van der Waals surface area contributed by atoms with Gasteiger partial charge in [0.1, 0.15) is 23.0 Å². The van der Waals surface area contributed by atoms with Crippen LogP contribution in [0.25, 0.3) is 0 Å². The number of anilines is 1. The normalized spacial score (nSPS) is 21.6. The molecule has 0 saturated carbocycles. The minimum atomic E-state index is -1.65. The van der Waals surface area contributed by atoms with Gasteiger partial charge >= 0.3 is 5.97 Å². The van der Waals surface area contributed by atoms with E-state index >= 15 is 0 Å². The van der Waals surface area contributed by atoms with E-state index in [1.54, 1.807) is 38.1 Å². The van der Waals surface area contributed by atoms with Crippen LogP contribution >= 0.6 is 0 Å². The highest BCUT2D eigenvalue weighted by Gasteiger charge is 2.61. The maximum Gasteiger partial charge on any atom is 0.339 e. The maximum absolute atomic E-state index is 13.5. The third kappa shape index (κ3) is 2.05. The van der Waals surface area contributed by atoms with Crippen molar-refractivity contribution in [2.75, 3.05) is 18.1 Å². The molecule has 2 N–H and O–H groups in total. The van der Waals surface area contributed by atoms with Crippen LogP contribution in [0.5, 0.6) is 0 Å². The number of nitrogens with two attached hydrogens (primary N) is 1. The van der Waals surface area contributed by atoms with Crippen LogP contribution in [0.2, 0.25) is 0 Å². The average molecular weight is 353 g/mol. The Morgan fingerprint density at radius 2 is 2.08 bits per heavy atom. The van der Waals surface area contributed by atoms with E-state index in [0.29, 0.717) is 17.8 Å². The third-order valence-corrected chi connectivity index (χ3v) is 4.68. The monoisotopic (exact) mass is 353 g/mol. The number of benzene rings is 1. The molecule has 26 heavy (non-hydrogen) atoms. The second-order valence-electron chi connectivity index (χ2n) is 5.92. The second-order valence-corrected chi connectivity index (χ2v) is 5.92. The summed E-state index contributed by atoms with van der Waals surface area (Å²) in [5, 5.41) is 9.79. The van der Waals surface area contributed by atoms with Crippen molar-refractivity contribution in [3.8, 4) is 6.07 Å². The van der Waals surface area contributed by atoms with Gasteiger partial charge in [0, 0.05) is 17.8 Å². The number of fused-ring (bicyclic) bond motifs is 2. The van der Waals surface area contributed by atoms with Crippen LogP contribution in [0.3, 0.4) is 0 Å². The van der Waals surface area contributed by atoms with E-state index in [0.717, 1.165) is 0 Å². The predicted molar refractivity (Wildman–Crippen MR) is 93.4 cm³/mol. The van der Waals surface area contributed by atoms with Crippen molar-refractivity contribution in [3.63, 3.8) is 0 Å². The SMILES string of the molecule is CCOC(=O)C1=C(C)OC(N)=C(C#N)C12C(=O)N(CC)c1ccccc12. The van der Waals surface area contributed by atoms with Crippen molar-refractivity contribution in [2.24, 2.45) is 5.73 Å². The van der Waals surface area contributed by atoms with Gasteiger partial charge in [-0.2, -0.15) is 5.26 Å². The molecule has 2 aliphatic heterocycles. The first-order valence-electron chi connectivity index (χ1n) is 8.33. The van der Waals surface area contributed by atoms with E-state index in [1.165, 1.54) is 4.90 Å². The Balaban J connectivity index is 2.43. The highest BCUT2D eigenvalue weighted by molar-refractivity contribution is 6.18. The lowest BCUT2D eigenvalue weighted by Gasteiger charge is -2.34. The number of amides is 1. The molecule has 0 aliphatic carbocycles. The standard InChI is InChI=1S/C19H19N3O4/c1-4-22-14-9-7-6-8-12(14)19(18(22)24)13(10-20)16(21)26-11(3)15(19)17(23)25-5-2/h6-9H,4-5,21H2,1-3H3. The predicted octanol–water partition coefficient (Wildman–Crippen LogP) is 1.85. The van der Waals surface area contributed by atoms with Crippen LogP contribution in [0.4, 0.5) is 5.69 Å². The highest BCUT2D eigenvalue weighted by atomic mass is 16.5. The molecule has 2 aliphatic rings. The van der Waals surface area contributed by atoms with Crippen molar-refractivity contribution < 1.29 is 19.1 Å². The number of hydrogen-bond donors (Lipinski definition) is 1. The summed E-state index contributed by atoms with van der Waals surface area (Å²) in [6.07, 6.45) is 0. The topological polar surface area (TPSA) is 106 Å². The lowest BCUT2D eigenvalue weighted by molar-refractivity contribution is -0.141. The van der Waals surface area contributed by atoms with Gasteiger partial charge in [-0.25, -0.2) is 4.79 Å². The zero-order valence-electron chi connectivity index (χ0n) is 14.8. The number of carbonyl (C=O) groups is 2. The van der Waals surface area contributed by atoms with Gasteiger partial charge in [0.2, 0.25) is 11.8 Å². The molecule has 0 saturated heterocycles. The fourth-order valence-electron chi connectivity index (χ4n) is 3.73. The van der Waals surface area contributed by atoms with E-state index in [9.17, 15) is 14.9 Å². The minimum Gasteiger partial charge on any atom is -0.462 e. The van der Waals surface area contributed by atoms with Crippen molar-refractivity contribution in [1.29, 1.82) is 5.26 Å². The molecule has 1 aromatic carbocycles. The molecule has 0 fully saturated rings. The van der Waals surface area contributed by atoms with E-state index < -0.39 is 17.3 Å². The fraction of sp³-hybridized carbons (Fsp3) is 0.316. The van der Waals surface area contributed by atoms with Crippen molar-refractivity contribution >= 4 is 17.6 Å². The average Bonchev–Trinajstić information content (AvgIpc) is 2.84. The number of esters is 1. The first kappa shape index (κ1) is 17.5. The van der Waals surface area contributed by atoms with Crippen LogP contribution in [0.1, 0.15) is 26.3 Å². The van der Waals surface area contributed by atoms with Gasteiger partial charge in [-0.05, 0) is 26.8 Å². The summed E-state index contributed by atoms with van der Waals surface area (Å²) < 4.78 is 10.6. The molecule has 1 amide bonds. The van der Waals surface area contributed by atoms with Gasteiger partial charge in [-0.1, -0.05) is 18.2 Å². The van der Waals surface area contributed by atoms with Gasteiger partial charge in [0.05, 0.1) is 6.61 Å². The number of ether oxygens (including phenoxy) is 2. The summed E-state index contributed by atoms with van der Waals surface area (Å²) in [6.45, 7) is 5.54.